The summed E-state index contributed by atoms with van der Waals surface area (Å²) >= 11 is 0. The highest BCUT2D eigenvalue weighted by atomic mass is 32.2. The second-order valence-corrected chi connectivity index (χ2v) is 11.6. The van der Waals surface area contributed by atoms with Crippen LogP contribution in [0.4, 0.5) is 19.1 Å². The number of halogens is 3. The molecule has 2 heterocycles. The van der Waals surface area contributed by atoms with E-state index < -0.39 is 40.1 Å². The van der Waals surface area contributed by atoms with E-state index >= 15 is 0 Å². The number of aliphatic hydroxyl groups is 1. The van der Waals surface area contributed by atoms with Gasteiger partial charge in [-0.15, -0.1) is 0 Å². The monoisotopic (exact) mass is 562 g/mol. The molecule has 3 aromatic rings. The first-order valence-corrected chi connectivity index (χ1v) is 14.1. The maximum absolute atomic E-state index is 13.1. The Balaban J connectivity index is 1.54. The molecule has 0 saturated heterocycles. The molecule has 208 valence electrons. The number of carbonyl (C=O) groups is 1. The van der Waals surface area contributed by atoms with Crippen molar-refractivity contribution in [2.24, 2.45) is 0 Å². The molecule has 0 unspecified atom stereocenters. The smallest absolute Gasteiger partial charge is 0.394 e. The number of alkyl halides is 3. The Kier molecular flexibility index (Phi) is 8.26. The van der Waals surface area contributed by atoms with Crippen LogP contribution in [0.3, 0.4) is 0 Å². The molecule has 2 N–H and O–H groups in total. The number of nitrogens with zero attached hydrogens (tertiary/aromatic N) is 3. The average Bonchev–Trinajstić information content (AvgIpc) is 2.94. The van der Waals surface area contributed by atoms with Gasteiger partial charge in [0.25, 0.3) is 5.91 Å². The van der Waals surface area contributed by atoms with Crippen LogP contribution in [0.5, 0.6) is 0 Å². The number of fused-ring (bicyclic) bond motifs is 1. The van der Waals surface area contributed by atoms with E-state index in [0.29, 0.717) is 24.2 Å². The first kappa shape index (κ1) is 28.5. The summed E-state index contributed by atoms with van der Waals surface area (Å²) in [6, 6.07) is 10.6. The minimum absolute atomic E-state index is 0.0356. The van der Waals surface area contributed by atoms with Gasteiger partial charge in [0.2, 0.25) is 5.95 Å². The Bertz CT molecular complexity index is 1430. The van der Waals surface area contributed by atoms with Crippen LogP contribution in [0.1, 0.15) is 64.8 Å². The van der Waals surface area contributed by atoms with Crippen molar-refractivity contribution in [1.29, 1.82) is 0 Å². The van der Waals surface area contributed by atoms with Crippen LogP contribution in [0, 0.1) is 0 Å². The van der Waals surface area contributed by atoms with Crippen LogP contribution in [0.15, 0.2) is 59.8 Å². The van der Waals surface area contributed by atoms with Crippen molar-refractivity contribution >= 4 is 21.7 Å². The minimum atomic E-state index is -4.52. The van der Waals surface area contributed by atoms with Gasteiger partial charge in [0.05, 0.1) is 28.9 Å². The molecule has 1 aliphatic rings. The van der Waals surface area contributed by atoms with Gasteiger partial charge in [-0.2, -0.15) is 13.2 Å². The predicted molar refractivity (Wildman–Crippen MR) is 139 cm³/mol. The molecule has 4 rings (SSSR count). The summed E-state index contributed by atoms with van der Waals surface area (Å²) < 4.78 is 62.9. The Labute approximate surface area is 224 Å². The molecular weight excluding hydrogens is 533 g/mol. The number of anilines is 1. The Morgan fingerprint density at radius 3 is 2.36 bits per heavy atom. The maximum Gasteiger partial charge on any atom is 0.419 e. The molecule has 1 aliphatic heterocycles. The molecule has 0 fully saturated rings. The molecule has 0 bridgehead atoms. The SMILES string of the molecule is CC[C@@H]1CN(c2ncc(C(F)(F)F)cn2)Cc2cc(C(=O)N[C@@H](CO)c3ccc(S(=O)(=O)CC)cc3)ccc21. The van der Waals surface area contributed by atoms with Crippen LogP contribution in [-0.2, 0) is 22.6 Å². The summed E-state index contributed by atoms with van der Waals surface area (Å²) in [5.41, 5.74) is 1.86. The zero-order valence-corrected chi connectivity index (χ0v) is 22.3. The molecule has 0 spiro atoms. The van der Waals surface area contributed by atoms with Gasteiger partial charge in [-0.3, -0.25) is 4.79 Å². The molecule has 1 aromatic heterocycles. The van der Waals surface area contributed by atoms with Gasteiger partial charge >= 0.3 is 6.18 Å². The van der Waals surface area contributed by atoms with E-state index in [-0.39, 0.29) is 22.5 Å². The van der Waals surface area contributed by atoms with Gasteiger partial charge in [-0.05, 0) is 47.4 Å². The summed E-state index contributed by atoms with van der Waals surface area (Å²) in [7, 11) is -3.38. The van der Waals surface area contributed by atoms with E-state index in [1.54, 1.807) is 36.1 Å². The van der Waals surface area contributed by atoms with Gasteiger partial charge in [0, 0.05) is 37.0 Å². The van der Waals surface area contributed by atoms with Gasteiger partial charge in [0.1, 0.15) is 0 Å². The van der Waals surface area contributed by atoms with Crippen LogP contribution in [-0.4, -0.2) is 48.3 Å². The van der Waals surface area contributed by atoms with Crippen molar-refractivity contribution in [3.05, 3.63) is 82.7 Å². The van der Waals surface area contributed by atoms with E-state index in [2.05, 4.69) is 15.3 Å². The average molecular weight is 563 g/mol. The third kappa shape index (κ3) is 6.22. The number of sulfone groups is 1. The summed E-state index contributed by atoms with van der Waals surface area (Å²) in [6.45, 7) is 4.01. The highest BCUT2D eigenvalue weighted by Crippen LogP contribution is 2.34. The van der Waals surface area contributed by atoms with E-state index in [1.807, 2.05) is 13.0 Å². The molecule has 8 nitrogen and oxygen atoms in total. The van der Waals surface area contributed by atoms with Crippen molar-refractivity contribution < 1.29 is 31.5 Å². The molecule has 0 aliphatic carbocycles. The van der Waals surface area contributed by atoms with Crippen LogP contribution < -0.4 is 10.2 Å². The van der Waals surface area contributed by atoms with Crippen LogP contribution in [0.2, 0.25) is 0 Å². The second kappa shape index (κ2) is 11.3. The van der Waals surface area contributed by atoms with Crippen LogP contribution in [0.25, 0.3) is 0 Å². The summed E-state index contributed by atoms with van der Waals surface area (Å²) in [5, 5.41) is 12.7. The molecule has 2 aromatic carbocycles. The Morgan fingerprint density at radius 1 is 1.13 bits per heavy atom. The van der Waals surface area contributed by atoms with E-state index in [9.17, 15) is 31.5 Å². The van der Waals surface area contributed by atoms with Crippen molar-refractivity contribution in [2.45, 2.75) is 49.8 Å². The summed E-state index contributed by atoms with van der Waals surface area (Å²) in [6.07, 6.45) is -2.22. The lowest BCUT2D eigenvalue weighted by Crippen LogP contribution is -2.35. The quantitative estimate of drug-likeness (QED) is 0.422. The standard InChI is InChI=1S/C27H29F3N4O4S/c1-3-17-14-34(26-31-12-21(13-32-26)27(28,29)30)15-20-11-19(7-10-23(17)20)25(36)33-24(16-35)18-5-8-22(9-6-18)39(37,38)4-2/h5-13,17,24,35H,3-4,14-16H2,1-2H3,(H,33,36)/t17-,24+/m1/s1. The lowest BCUT2D eigenvalue weighted by atomic mass is 9.87. The fourth-order valence-corrected chi connectivity index (χ4v) is 5.48. The van der Waals surface area contributed by atoms with Gasteiger partial charge < -0.3 is 15.3 Å². The number of aromatic nitrogens is 2. The third-order valence-electron chi connectivity index (χ3n) is 6.90. The fourth-order valence-electron chi connectivity index (χ4n) is 4.60. The molecule has 1 amide bonds. The first-order valence-electron chi connectivity index (χ1n) is 12.5. The predicted octanol–water partition coefficient (Wildman–Crippen LogP) is 4.27. The highest BCUT2D eigenvalue weighted by molar-refractivity contribution is 7.91. The molecular formula is C27H29F3N4O4S. The lowest BCUT2D eigenvalue weighted by Gasteiger charge is -2.34. The molecule has 0 radical (unpaired) electrons. The number of benzene rings is 2. The number of nitrogens with one attached hydrogen (secondary N) is 1. The van der Waals surface area contributed by atoms with Crippen molar-refractivity contribution in [1.82, 2.24) is 15.3 Å². The zero-order chi connectivity index (χ0) is 28.4. The van der Waals surface area contributed by atoms with Gasteiger partial charge in [0.15, 0.2) is 9.84 Å². The summed E-state index contributed by atoms with van der Waals surface area (Å²) in [4.78, 5) is 22.9. The fraction of sp³-hybridized carbons (Fsp3) is 0.370. The first-order chi connectivity index (χ1) is 18.5. The van der Waals surface area contributed by atoms with Crippen molar-refractivity contribution in [3.63, 3.8) is 0 Å². The topological polar surface area (TPSA) is 112 Å². The number of aliphatic hydroxyl groups excluding tert-OH is 1. The third-order valence-corrected chi connectivity index (χ3v) is 8.65. The number of rotatable bonds is 8. The van der Waals surface area contributed by atoms with Crippen molar-refractivity contribution in [3.8, 4) is 0 Å². The highest BCUT2D eigenvalue weighted by Gasteiger charge is 2.32. The van der Waals surface area contributed by atoms with Crippen LogP contribution >= 0.6 is 0 Å². The molecule has 12 heteroatoms. The lowest BCUT2D eigenvalue weighted by molar-refractivity contribution is -0.138. The maximum atomic E-state index is 13.1. The van der Waals surface area contributed by atoms with E-state index in [4.69, 9.17) is 0 Å². The largest absolute Gasteiger partial charge is 0.419 e. The summed E-state index contributed by atoms with van der Waals surface area (Å²) in [5.74, 6) is -0.222. The number of hydrogen-bond donors (Lipinski definition) is 2. The second-order valence-electron chi connectivity index (χ2n) is 9.35. The molecule has 2 atom stereocenters. The Morgan fingerprint density at radius 2 is 1.79 bits per heavy atom. The zero-order valence-electron chi connectivity index (χ0n) is 21.4. The minimum Gasteiger partial charge on any atom is -0.394 e. The number of amides is 1. The van der Waals surface area contributed by atoms with E-state index in [0.717, 1.165) is 29.9 Å². The molecule has 39 heavy (non-hydrogen) atoms. The normalized spacial score (nSPS) is 16.5. The van der Waals surface area contributed by atoms with E-state index in [1.165, 1.54) is 12.1 Å². The van der Waals surface area contributed by atoms with Gasteiger partial charge in [-0.1, -0.05) is 32.0 Å². The van der Waals surface area contributed by atoms with Gasteiger partial charge in [-0.25, -0.2) is 18.4 Å². The number of carbonyl (C=O) groups excluding carboxylic acids is 1. The molecule has 0 saturated carbocycles. The Hall–Kier alpha value is -3.51. The number of hydrogen-bond acceptors (Lipinski definition) is 7. The van der Waals surface area contributed by atoms with Crippen molar-refractivity contribution in [2.75, 3.05) is 23.8 Å².